The average Bonchev–Trinajstić information content (AvgIpc) is 2.16. The molecule has 0 amide bonds. The summed E-state index contributed by atoms with van der Waals surface area (Å²) in [6.07, 6.45) is 2.79. The number of aromatic nitrogens is 1. The van der Waals surface area contributed by atoms with Crippen molar-refractivity contribution in [2.45, 2.75) is 25.1 Å². The number of halogens is 1. The van der Waals surface area contributed by atoms with Crippen LogP contribution in [0.2, 0.25) is 0 Å². The second kappa shape index (κ2) is 4.37. The van der Waals surface area contributed by atoms with E-state index in [1.54, 1.807) is 6.07 Å². The fourth-order valence-corrected chi connectivity index (χ4v) is 1.32. The van der Waals surface area contributed by atoms with Crippen molar-refractivity contribution >= 4 is 17.3 Å². The molecule has 0 aromatic carbocycles. The van der Waals surface area contributed by atoms with Crippen LogP contribution >= 0.6 is 11.6 Å². The second-order valence-electron chi connectivity index (χ2n) is 3.16. The highest BCUT2D eigenvalue weighted by molar-refractivity contribution is 6.20. The van der Waals surface area contributed by atoms with Crippen molar-refractivity contribution < 1.29 is 4.92 Å². The maximum Gasteiger partial charge on any atom is 0.291 e. The highest BCUT2D eigenvalue weighted by Gasteiger charge is 2.21. The molecule has 0 aliphatic heterocycles. The van der Waals surface area contributed by atoms with Crippen LogP contribution in [0.3, 0.4) is 0 Å². The van der Waals surface area contributed by atoms with Gasteiger partial charge in [0, 0.05) is 23.1 Å². The summed E-state index contributed by atoms with van der Waals surface area (Å²) in [7, 11) is 0. The Morgan fingerprint density at radius 1 is 1.57 bits per heavy atom. The zero-order chi connectivity index (χ0) is 10.7. The highest BCUT2D eigenvalue weighted by Crippen LogP contribution is 2.29. The molecule has 1 rings (SSSR count). The summed E-state index contributed by atoms with van der Waals surface area (Å²) < 4.78 is 0. The molecular formula is C9H11ClN2O2. The van der Waals surface area contributed by atoms with Crippen LogP contribution in [0.15, 0.2) is 18.5 Å². The van der Waals surface area contributed by atoms with Gasteiger partial charge in [0.15, 0.2) is 0 Å². The van der Waals surface area contributed by atoms with E-state index in [1.165, 1.54) is 12.4 Å². The minimum absolute atomic E-state index is 0.0347. The Morgan fingerprint density at radius 2 is 2.21 bits per heavy atom. The maximum atomic E-state index is 10.7. The van der Waals surface area contributed by atoms with Gasteiger partial charge in [-0.3, -0.25) is 15.1 Å². The number of alkyl halides is 1. The highest BCUT2D eigenvalue weighted by atomic mass is 35.5. The third-order valence-electron chi connectivity index (χ3n) is 2.21. The number of hydrogen-bond donors (Lipinski definition) is 0. The van der Waals surface area contributed by atoms with Gasteiger partial charge in [-0.1, -0.05) is 6.92 Å². The van der Waals surface area contributed by atoms with Gasteiger partial charge in [0.25, 0.3) is 5.69 Å². The number of rotatable bonds is 3. The molecule has 0 fully saturated rings. The third kappa shape index (κ3) is 2.20. The van der Waals surface area contributed by atoms with Gasteiger partial charge < -0.3 is 0 Å². The average molecular weight is 215 g/mol. The van der Waals surface area contributed by atoms with Crippen LogP contribution in [-0.4, -0.2) is 15.3 Å². The lowest BCUT2D eigenvalue weighted by Gasteiger charge is -2.13. The molecule has 0 radical (unpaired) electrons. The lowest BCUT2D eigenvalue weighted by atomic mass is 9.98. The molecule has 0 saturated heterocycles. The molecule has 0 bridgehead atoms. The predicted molar refractivity (Wildman–Crippen MR) is 54.6 cm³/mol. The number of pyridine rings is 1. The van der Waals surface area contributed by atoms with Crippen molar-refractivity contribution in [2.75, 3.05) is 0 Å². The minimum Gasteiger partial charge on any atom is -0.258 e. The Balaban J connectivity index is 3.13. The van der Waals surface area contributed by atoms with Crippen LogP contribution in [0, 0.1) is 10.1 Å². The molecule has 14 heavy (non-hydrogen) atoms. The molecule has 2 unspecified atom stereocenters. The van der Waals surface area contributed by atoms with Crippen LogP contribution in [0.25, 0.3) is 0 Å². The normalized spacial score (nSPS) is 14.8. The van der Waals surface area contributed by atoms with Crippen molar-refractivity contribution in [3.05, 3.63) is 34.1 Å². The van der Waals surface area contributed by atoms with Gasteiger partial charge in [0.05, 0.1) is 4.92 Å². The summed E-state index contributed by atoms with van der Waals surface area (Å²) in [5.74, 6) is -0.0555. The molecule has 5 heteroatoms. The molecule has 0 spiro atoms. The molecular weight excluding hydrogens is 204 g/mol. The Morgan fingerprint density at radius 3 is 2.71 bits per heavy atom. The lowest BCUT2D eigenvalue weighted by molar-refractivity contribution is -0.386. The summed E-state index contributed by atoms with van der Waals surface area (Å²) >= 11 is 5.90. The van der Waals surface area contributed by atoms with Crippen molar-refractivity contribution in [1.29, 1.82) is 0 Å². The fourth-order valence-electron chi connectivity index (χ4n) is 1.18. The van der Waals surface area contributed by atoms with Gasteiger partial charge in [-0.25, -0.2) is 0 Å². The molecule has 0 N–H and O–H groups in total. The molecule has 4 nitrogen and oxygen atoms in total. The maximum absolute atomic E-state index is 10.7. The van der Waals surface area contributed by atoms with Crippen LogP contribution in [0.1, 0.15) is 25.3 Å². The van der Waals surface area contributed by atoms with E-state index < -0.39 is 4.92 Å². The van der Waals surface area contributed by atoms with E-state index in [4.69, 9.17) is 11.6 Å². The number of nitro groups is 1. The van der Waals surface area contributed by atoms with E-state index in [9.17, 15) is 10.1 Å². The first kappa shape index (κ1) is 10.9. The molecule has 2 atom stereocenters. The lowest BCUT2D eigenvalue weighted by Crippen LogP contribution is -2.08. The first-order chi connectivity index (χ1) is 6.54. The molecule has 1 aromatic rings. The molecule has 0 saturated carbocycles. The topological polar surface area (TPSA) is 56.0 Å². The first-order valence-electron chi connectivity index (χ1n) is 4.26. The van der Waals surface area contributed by atoms with Crippen molar-refractivity contribution in [2.24, 2.45) is 0 Å². The zero-order valence-electron chi connectivity index (χ0n) is 7.98. The van der Waals surface area contributed by atoms with Gasteiger partial charge in [-0.2, -0.15) is 0 Å². The molecule has 1 heterocycles. The van der Waals surface area contributed by atoms with Gasteiger partial charge in [0.1, 0.15) is 6.20 Å². The minimum atomic E-state index is -0.432. The second-order valence-corrected chi connectivity index (χ2v) is 3.85. The quantitative estimate of drug-likeness (QED) is 0.442. The van der Waals surface area contributed by atoms with Crippen molar-refractivity contribution in [3.8, 4) is 0 Å². The van der Waals surface area contributed by atoms with Crippen LogP contribution < -0.4 is 0 Å². The van der Waals surface area contributed by atoms with E-state index in [0.29, 0.717) is 5.56 Å². The van der Waals surface area contributed by atoms with E-state index in [1.807, 2.05) is 13.8 Å². The Hall–Kier alpha value is -1.16. The summed E-state index contributed by atoms with van der Waals surface area (Å²) in [4.78, 5) is 14.0. The smallest absolute Gasteiger partial charge is 0.258 e. The zero-order valence-corrected chi connectivity index (χ0v) is 8.73. The molecule has 76 valence electrons. The summed E-state index contributed by atoms with van der Waals surface area (Å²) in [6, 6.07) is 1.64. The summed E-state index contributed by atoms with van der Waals surface area (Å²) in [5, 5.41) is 10.5. The summed E-state index contributed by atoms with van der Waals surface area (Å²) in [5.41, 5.74) is 0.667. The largest absolute Gasteiger partial charge is 0.291 e. The Kier molecular flexibility index (Phi) is 3.41. The van der Waals surface area contributed by atoms with Crippen LogP contribution in [0.5, 0.6) is 0 Å². The van der Waals surface area contributed by atoms with E-state index >= 15 is 0 Å². The molecule has 1 aromatic heterocycles. The predicted octanol–water partition coefficient (Wildman–Crippen LogP) is 2.72. The van der Waals surface area contributed by atoms with Gasteiger partial charge in [0.2, 0.25) is 0 Å². The van der Waals surface area contributed by atoms with Crippen LogP contribution in [0.4, 0.5) is 5.69 Å². The monoisotopic (exact) mass is 214 g/mol. The fraction of sp³-hybridized carbons (Fsp3) is 0.444. The molecule has 0 aliphatic carbocycles. The number of hydrogen-bond acceptors (Lipinski definition) is 3. The van der Waals surface area contributed by atoms with E-state index in [-0.39, 0.29) is 17.0 Å². The third-order valence-corrected chi connectivity index (χ3v) is 2.59. The van der Waals surface area contributed by atoms with E-state index in [0.717, 1.165) is 0 Å². The number of nitrogens with zero attached hydrogens (tertiary/aromatic N) is 2. The standard InChI is InChI=1S/C9H11ClN2O2/c1-6(7(2)10)8-3-4-11-5-9(8)12(13)14/h3-7H,1-2H3. The van der Waals surface area contributed by atoms with Gasteiger partial charge in [-0.05, 0) is 13.0 Å². The van der Waals surface area contributed by atoms with Crippen molar-refractivity contribution in [3.63, 3.8) is 0 Å². The SMILES string of the molecule is CC(Cl)C(C)c1ccncc1[N+](=O)[O-]. The van der Waals surface area contributed by atoms with Gasteiger partial charge >= 0.3 is 0 Å². The Labute approximate surface area is 87.1 Å². The first-order valence-corrected chi connectivity index (χ1v) is 4.70. The van der Waals surface area contributed by atoms with Gasteiger partial charge in [-0.15, -0.1) is 11.6 Å². The molecule has 0 aliphatic rings. The Bertz CT molecular complexity index is 341. The summed E-state index contributed by atoms with van der Waals surface area (Å²) in [6.45, 7) is 3.68. The van der Waals surface area contributed by atoms with Crippen molar-refractivity contribution in [1.82, 2.24) is 4.98 Å². The van der Waals surface area contributed by atoms with Crippen LogP contribution in [-0.2, 0) is 0 Å². The van der Waals surface area contributed by atoms with E-state index in [2.05, 4.69) is 4.98 Å².